The van der Waals surface area contributed by atoms with Crippen LogP contribution in [0.2, 0.25) is 0 Å². The van der Waals surface area contributed by atoms with Gasteiger partial charge < -0.3 is 5.32 Å². The van der Waals surface area contributed by atoms with Gasteiger partial charge in [-0.05, 0) is 41.4 Å². The van der Waals surface area contributed by atoms with Gasteiger partial charge in [0.25, 0.3) is 0 Å². The lowest BCUT2D eigenvalue weighted by atomic mass is 10.1. The second kappa shape index (κ2) is 5.99. The van der Waals surface area contributed by atoms with Crippen LogP contribution in [0.1, 0.15) is 32.4 Å². The van der Waals surface area contributed by atoms with E-state index in [2.05, 4.69) is 33.2 Å². The third kappa shape index (κ3) is 3.59. The van der Waals surface area contributed by atoms with Crippen LogP contribution in [0.15, 0.2) is 16.6 Å². The zero-order valence-electron chi connectivity index (χ0n) is 9.88. The number of nitrogens with one attached hydrogen (secondary N) is 1. The Kier molecular flexibility index (Phi) is 4.93. The molecule has 0 spiro atoms. The van der Waals surface area contributed by atoms with Gasteiger partial charge in [-0.3, -0.25) is 4.79 Å². The molecule has 1 unspecified atom stereocenters. The molecule has 0 aliphatic rings. The van der Waals surface area contributed by atoms with E-state index in [0.29, 0.717) is 5.82 Å². The van der Waals surface area contributed by atoms with Gasteiger partial charge in [0.05, 0.1) is 5.69 Å². The predicted octanol–water partition coefficient (Wildman–Crippen LogP) is 3.53. The van der Waals surface area contributed by atoms with Crippen LogP contribution in [-0.2, 0) is 4.79 Å². The molecule has 3 nitrogen and oxygen atoms in total. The average Bonchev–Trinajstić information content (AvgIpc) is 2.24. The number of pyridine rings is 1. The van der Waals surface area contributed by atoms with E-state index in [0.717, 1.165) is 23.0 Å². The van der Waals surface area contributed by atoms with Crippen LogP contribution < -0.4 is 5.32 Å². The highest BCUT2D eigenvalue weighted by atomic mass is 79.9. The number of aromatic nitrogens is 1. The molecule has 1 atom stereocenters. The molecular formula is C12H17BrN2O. The predicted molar refractivity (Wildman–Crippen MR) is 69.4 cm³/mol. The Bertz CT molecular complexity index is 379. The van der Waals surface area contributed by atoms with E-state index in [1.807, 2.05) is 19.9 Å². The highest BCUT2D eigenvalue weighted by Gasteiger charge is 2.12. The highest BCUT2D eigenvalue weighted by Crippen LogP contribution is 2.17. The normalized spacial score (nSPS) is 12.2. The minimum atomic E-state index is 0.0377. The van der Waals surface area contributed by atoms with Gasteiger partial charge >= 0.3 is 0 Å². The standard InChI is InChI=1S/C12H17BrN2O/c1-4-5-8(2)12(16)15-11-7-6-10(13)9(3)14-11/h6-8H,4-5H2,1-3H3,(H,14,15,16). The molecule has 0 saturated heterocycles. The Labute approximate surface area is 105 Å². The number of hydrogen-bond donors (Lipinski definition) is 1. The number of carbonyl (C=O) groups is 1. The summed E-state index contributed by atoms with van der Waals surface area (Å²) >= 11 is 3.37. The molecule has 1 amide bonds. The summed E-state index contributed by atoms with van der Waals surface area (Å²) in [6.07, 6.45) is 1.92. The molecule has 0 aliphatic heterocycles. The van der Waals surface area contributed by atoms with Crippen LogP contribution in [0.4, 0.5) is 5.82 Å². The van der Waals surface area contributed by atoms with Crippen molar-refractivity contribution in [2.45, 2.75) is 33.6 Å². The smallest absolute Gasteiger partial charge is 0.228 e. The lowest BCUT2D eigenvalue weighted by Gasteiger charge is -2.11. The fourth-order valence-electron chi connectivity index (χ4n) is 1.43. The molecule has 0 aromatic carbocycles. The van der Waals surface area contributed by atoms with E-state index in [9.17, 15) is 4.79 Å². The number of amides is 1. The number of nitrogens with zero attached hydrogens (tertiary/aromatic N) is 1. The first-order chi connectivity index (χ1) is 7.54. The van der Waals surface area contributed by atoms with Crippen molar-refractivity contribution in [1.82, 2.24) is 4.98 Å². The molecule has 0 saturated carbocycles. The van der Waals surface area contributed by atoms with E-state index in [4.69, 9.17) is 0 Å². The molecule has 16 heavy (non-hydrogen) atoms. The summed E-state index contributed by atoms with van der Waals surface area (Å²) in [5.41, 5.74) is 0.876. The number of hydrogen-bond acceptors (Lipinski definition) is 2. The molecule has 0 radical (unpaired) electrons. The number of rotatable bonds is 4. The van der Waals surface area contributed by atoms with Gasteiger partial charge in [0.1, 0.15) is 5.82 Å². The minimum Gasteiger partial charge on any atom is -0.310 e. The monoisotopic (exact) mass is 284 g/mol. The van der Waals surface area contributed by atoms with Crippen LogP contribution in [0.5, 0.6) is 0 Å². The van der Waals surface area contributed by atoms with Gasteiger partial charge in [-0.1, -0.05) is 20.3 Å². The van der Waals surface area contributed by atoms with Gasteiger partial charge in [-0.15, -0.1) is 0 Å². The SMILES string of the molecule is CCCC(C)C(=O)Nc1ccc(Br)c(C)n1. The van der Waals surface area contributed by atoms with E-state index in [-0.39, 0.29) is 11.8 Å². The Morgan fingerprint density at radius 2 is 2.25 bits per heavy atom. The van der Waals surface area contributed by atoms with Gasteiger partial charge in [0.2, 0.25) is 5.91 Å². The third-order valence-corrected chi connectivity index (χ3v) is 3.28. The Balaban J connectivity index is 2.66. The van der Waals surface area contributed by atoms with Crippen LogP contribution in [0, 0.1) is 12.8 Å². The second-order valence-corrected chi connectivity index (χ2v) is 4.80. The van der Waals surface area contributed by atoms with Crippen molar-refractivity contribution >= 4 is 27.7 Å². The summed E-state index contributed by atoms with van der Waals surface area (Å²) in [7, 11) is 0. The van der Waals surface area contributed by atoms with E-state index < -0.39 is 0 Å². The van der Waals surface area contributed by atoms with Crippen molar-refractivity contribution < 1.29 is 4.79 Å². The van der Waals surface area contributed by atoms with Gasteiger partial charge in [0, 0.05) is 10.4 Å². The van der Waals surface area contributed by atoms with Crippen molar-refractivity contribution in [3.63, 3.8) is 0 Å². The minimum absolute atomic E-state index is 0.0377. The molecule has 1 aromatic heterocycles. The number of halogens is 1. The van der Waals surface area contributed by atoms with Gasteiger partial charge in [-0.2, -0.15) is 0 Å². The number of carbonyl (C=O) groups excluding carboxylic acids is 1. The van der Waals surface area contributed by atoms with Crippen LogP contribution >= 0.6 is 15.9 Å². The summed E-state index contributed by atoms with van der Waals surface area (Å²) in [6.45, 7) is 5.91. The zero-order chi connectivity index (χ0) is 12.1. The quantitative estimate of drug-likeness (QED) is 0.919. The van der Waals surface area contributed by atoms with Gasteiger partial charge in [-0.25, -0.2) is 4.98 Å². The summed E-state index contributed by atoms with van der Waals surface area (Å²) in [6, 6.07) is 3.69. The van der Waals surface area contributed by atoms with Crippen LogP contribution in [-0.4, -0.2) is 10.9 Å². The van der Waals surface area contributed by atoms with Crippen molar-refractivity contribution in [2.75, 3.05) is 5.32 Å². The first-order valence-electron chi connectivity index (χ1n) is 5.48. The maximum atomic E-state index is 11.7. The van der Waals surface area contributed by atoms with Crippen molar-refractivity contribution in [2.24, 2.45) is 5.92 Å². The van der Waals surface area contributed by atoms with Crippen LogP contribution in [0.25, 0.3) is 0 Å². The van der Waals surface area contributed by atoms with E-state index >= 15 is 0 Å². The molecule has 1 heterocycles. The molecule has 1 rings (SSSR count). The Morgan fingerprint density at radius 3 is 2.81 bits per heavy atom. The fourth-order valence-corrected chi connectivity index (χ4v) is 1.65. The van der Waals surface area contributed by atoms with E-state index in [1.165, 1.54) is 0 Å². The van der Waals surface area contributed by atoms with Gasteiger partial charge in [0.15, 0.2) is 0 Å². The first kappa shape index (κ1) is 13.2. The Hall–Kier alpha value is -0.900. The maximum absolute atomic E-state index is 11.7. The lowest BCUT2D eigenvalue weighted by molar-refractivity contribution is -0.119. The molecule has 4 heteroatoms. The van der Waals surface area contributed by atoms with Crippen molar-refractivity contribution in [3.05, 3.63) is 22.3 Å². The molecule has 0 fully saturated rings. The summed E-state index contributed by atoms with van der Waals surface area (Å²) < 4.78 is 0.951. The second-order valence-electron chi connectivity index (χ2n) is 3.94. The molecule has 0 aliphatic carbocycles. The lowest BCUT2D eigenvalue weighted by Crippen LogP contribution is -2.20. The first-order valence-corrected chi connectivity index (χ1v) is 6.28. The summed E-state index contributed by atoms with van der Waals surface area (Å²) in [5, 5.41) is 2.82. The fraction of sp³-hybridized carbons (Fsp3) is 0.500. The largest absolute Gasteiger partial charge is 0.310 e. The molecule has 1 aromatic rings. The number of aryl methyl sites for hydroxylation is 1. The third-order valence-electron chi connectivity index (χ3n) is 2.44. The van der Waals surface area contributed by atoms with Crippen LogP contribution in [0.3, 0.4) is 0 Å². The van der Waals surface area contributed by atoms with Crippen molar-refractivity contribution in [3.8, 4) is 0 Å². The molecular weight excluding hydrogens is 268 g/mol. The molecule has 88 valence electrons. The summed E-state index contributed by atoms with van der Waals surface area (Å²) in [5.74, 6) is 0.695. The number of anilines is 1. The highest BCUT2D eigenvalue weighted by molar-refractivity contribution is 9.10. The average molecular weight is 285 g/mol. The van der Waals surface area contributed by atoms with E-state index in [1.54, 1.807) is 6.07 Å². The maximum Gasteiger partial charge on any atom is 0.228 e. The topological polar surface area (TPSA) is 42.0 Å². The van der Waals surface area contributed by atoms with Crippen molar-refractivity contribution in [1.29, 1.82) is 0 Å². The molecule has 1 N–H and O–H groups in total. The Morgan fingerprint density at radius 1 is 1.56 bits per heavy atom. The molecule has 0 bridgehead atoms. The summed E-state index contributed by atoms with van der Waals surface area (Å²) in [4.78, 5) is 16.0. The zero-order valence-corrected chi connectivity index (χ0v) is 11.5.